The second-order valence-electron chi connectivity index (χ2n) is 7.27. The van der Waals surface area contributed by atoms with Gasteiger partial charge in [-0.2, -0.15) is 0 Å². The molecule has 0 saturated carbocycles. The maximum atomic E-state index is 13.1. The molecule has 1 amide bonds. The van der Waals surface area contributed by atoms with Crippen molar-refractivity contribution in [2.75, 3.05) is 31.6 Å². The number of benzene rings is 1. The first-order valence-electron chi connectivity index (χ1n) is 9.82. The van der Waals surface area contributed by atoms with Gasteiger partial charge in [0.25, 0.3) is 0 Å². The van der Waals surface area contributed by atoms with E-state index in [1.807, 2.05) is 12.1 Å². The number of amides is 1. The molecular weight excluding hydrogens is 534 g/mol. The highest BCUT2D eigenvalue weighted by molar-refractivity contribution is 14.0. The van der Waals surface area contributed by atoms with Gasteiger partial charge in [0.15, 0.2) is 5.96 Å². The average Bonchev–Trinajstić information content (AvgIpc) is 3.19. The summed E-state index contributed by atoms with van der Waals surface area (Å²) in [5, 5.41) is 7.18. The van der Waals surface area contributed by atoms with Crippen molar-refractivity contribution >= 4 is 53.3 Å². The molecule has 31 heavy (non-hydrogen) atoms. The van der Waals surface area contributed by atoms with Gasteiger partial charge in [-0.15, -0.1) is 24.0 Å². The zero-order chi connectivity index (χ0) is 21.5. The van der Waals surface area contributed by atoms with E-state index in [0.717, 1.165) is 30.9 Å². The Kier molecular flexibility index (Phi) is 9.76. The van der Waals surface area contributed by atoms with Gasteiger partial charge in [-0.3, -0.25) is 9.79 Å². The fraction of sp³-hybridized carbons (Fsp3) is 0.381. The number of aromatic nitrogens is 1. The Morgan fingerprint density at radius 3 is 2.77 bits per heavy atom. The van der Waals surface area contributed by atoms with Crippen molar-refractivity contribution < 1.29 is 9.18 Å². The molecule has 1 aliphatic heterocycles. The Morgan fingerprint density at radius 1 is 1.39 bits per heavy atom. The molecule has 2 aromatic rings. The molecule has 0 bridgehead atoms. The minimum atomic E-state index is -0.443. The molecule has 1 aromatic carbocycles. The van der Waals surface area contributed by atoms with Gasteiger partial charge in [0, 0.05) is 38.9 Å². The Balaban J connectivity index is 0.00000341. The van der Waals surface area contributed by atoms with Crippen molar-refractivity contribution in [3.05, 3.63) is 59.0 Å². The van der Waals surface area contributed by atoms with E-state index in [2.05, 4.69) is 25.5 Å². The van der Waals surface area contributed by atoms with Crippen molar-refractivity contribution in [2.24, 2.45) is 16.6 Å². The summed E-state index contributed by atoms with van der Waals surface area (Å²) in [4.78, 5) is 22.6. The van der Waals surface area contributed by atoms with Gasteiger partial charge in [-0.1, -0.05) is 23.7 Å². The lowest BCUT2D eigenvalue weighted by Crippen LogP contribution is -2.47. The van der Waals surface area contributed by atoms with Crippen LogP contribution in [0.1, 0.15) is 12.0 Å². The van der Waals surface area contributed by atoms with Crippen LogP contribution >= 0.6 is 35.6 Å². The molecule has 1 saturated heterocycles. The molecule has 7 nitrogen and oxygen atoms in total. The van der Waals surface area contributed by atoms with Crippen LogP contribution in [0.4, 0.5) is 10.2 Å². The van der Waals surface area contributed by atoms with Crippen molar-refractivity contribution in [3.63, 3.8) is 0 Å². The van der Waals surface area contributed by atoms with Crippen molar-refractivity contribution in [2.45, 2.75) is 18.9 Å². The van der Waals surface area contributed by atoms with Crippen LogP contribution in [0.2, 0.25) is 5.02 Å². The Bertz CT molecular complexity index is 898. The highest BCUT2D eigenvalue weighted by atomic mass is 127. The lowest BCUT2D eigenvalue weighted by Gasteiger charge is -2.21. The van der Waals surface area contributed by atoms with Gasteiger partial charge in [0.05, 0.1) is 10.9 Å². The molecule has 0 spiro atoms. The smallest absolute Gasteiger partial charge is 0.222 e. The molecule has 1 aliphatic rings. The molecule has 0 radical (unpaired) electrons. The van der Waals surface area contributed by atoms with Crippen LogP contribution in [0.25, 0.3) is 0 Å². The fourth-order valence-corrected chi connectivity index (χ4v) is 3.71. The summed E-state index contributed by atoms with van der Waals surface area (Å²) in [6, 6.07) is 9.88. The van der Waals surface area contributed by atoms with Gasteiger partial charge >= 0.3 is 0 Å². The molecule has 2 atom stereocenters. The summed E-state index contributed by atoms with van der Waals surface area (Å²) < 4.78 is 13.1. The molecule has 2 heterocycles. The Morgan fingerprint density at radius 2 is 2.13 bits per heavy atom. The molecule has 1 aromatic heterocycles. The number of hydrogen-bond donors (Lipinski definition) is 3. The minimum absolute atomic E-state index is 0. The van der Waals surface area contributed by atoms with Gasteiger partial charge < -0.3 is 21.3 Å². The zero-order valence-electron chi connectivity index (χ0n) is 17.2. The summed E-state index contributed by atoms with van der Waals surface area (Å²) in [7, 11) is 1.68. The molecule has 0 aliphatic carbocycles. The highest BCUT2D eigenvalue weighted by Crippen LogP contribution is 2.25. The number of nitrogens with zero attached hydrogens (tertiary/aromatic N) is 3. The summed E-state index contributed by atoms with van der Waals surface area (Å²) in [6.07, 6.45) is 3.06. The van der Waals surface area contributed by atoms with E-state index in [1.165, 1.54) is 12.1 Å². The highest BCUT2D eigenvalue weighted by Gasteiger charge is 2.26. The standard InChI is InChI=1S/C21H26ClFN6O.HI/c1-25-21(27-12-15(19(24)30)11-14-4-6-16(23)7-5-14)28-17-8-10-29(13-17)20-18(22)3-2-9-26-20;/h2-7,9,15,17H,8,10-13H2,1H3,(H2,24,30)(H2,25,27,28);1H. The first kappa shape index (κ1) is 25.1. The number of carbonyl (C=O) groups excluding carboxylic acids is 1. The molecule has 2 unspecified atom stereocenters. The quantitative estimate of drug-likeness (QED) is 0.275. The van der Waals surface area contributed by atoms with Crippen molar-refractivity contribution in [1.29, 1.82) is 0 Å². The molecule has 3 rings (SSSR count). The summed E-state index contributed by atoms with van der Waals surface area (Å²) >= 11 is 6.25. The van der Waals surface area contributed by atoms with E-state index in [0.29, 0.717) is 23.9 Å². The number of nitrogens with two attached hydrogens (primary N) is 1. The zero-order valence-corrected chi connectivity index (χ0v) is 20.3. The van der Waals surface area contributed by atoms with Crippen molar-refractivity contribution in [3.8, 4) is 0 Å². The number of aliphatic imine (C=N–C) groups is 1. The Hall–Kier alpha value is -2.14. The lowest BCUT2D eigenvalue weighted by molar-refractivity contribution is -0.121. The van der Waals surface area contributed by atoms with E-state index in [1.54, 1.807) is 25.4 Å². The maximum Gasteiger partial charge on any atom is 0.222 e. The number of carbonyl (C=O) groups is 1. The van der Waals surface area contributed by atoms with Crippen LogP contribution in [0.3, 0.4) is 0 Å². The van der Waals surface area contributed by atoms with Crippen LogP contribution in [0.5, 0.6) is 0 Å². The number of halogens is 3. The van der Waals surface area contributed by atoms with E-state index >= 15 is 0 Å². The average molecular weight is 561 g/mol. The van der Waals surface area contributed by atoms with Crippen LogP contribution in [0, 0.1) is 11.7 Å². The molecule has 10 heteroatoms. The third-order valence-corrected chi connectivity index (χ3v) is 5.40. The van der Waals surface area contributed by atoms with E-state index in [-0.39, 0.29) is 35.8 Å². The number of hydrogen-bond acceptors (Lipinski definition) is 4. The number of pyridine rings is 1. The number of nitrogens with one attached hydrogen (secondary N) is 2. The van der Waals surface area contributed by atoms with Crippen LogP contribution in [-0.2, 0) is 11.2 Å². The molecule has 4 N–H and O–H groups in total. The van der Waals surface area contributed by atoms with Crippen molar-refractivity contribution in [1.82, 2.24) is 15.6 Å². The number of rotatable bonds is 7. The first-order valence-corrected chi connectivity index (χ1v) is 10.2. The lowest BCUT2D eigenvalue weighted by atomic mass is 9.98. The topological polar surface area (TPSA) is 95.6 Å². The van der Waals surface area contributed by atoms with Gasteiger partial charge in [0.2, 0.25) is 5.91 Å². The number of primary amides is 1. The first-order chi connectivity index (χ1) is 14.5. The van der Waals surface area contributed by atoms with Gasteiger partial charge in [0.1, 0.15) is 11.6 Å². The summed E-state index contributed by atoms with van der Waals surface area (Å²) in [6.45, 7) is 1.90. The second-order valence-corrected chi connectivity index (χ2v) is 7.67. The van der Waals surface area contributed by atoms with E-state index < -0.39 is 11.8 Å². The third kappa shape index (κ3) is 7.20. The molecular formula is C21H27ClFIN6O. The SMILES string of the molecule is CN=C(NCC(Cc1ccc(F)cc1)C(N)=O)NC1CCN(c2ncccc2Cl)C1.I. The van der Waals surface area contributed by atoms with E-state index in [9.17, 15) is 9.18 Å². The monoisotopic (exact) mass is 560 g/mol. The predicted molar refractivity (Wildman–Crippen MR) is 133 cm³/mol. The normalized spacial score (nSPS) is 17.1. The fourth-order valence-electron chi connectivity index (χ4n) is 3.47. The van der Waals surface area contributed by atoms with Crippen LogP contribution < -0.4 is 21.3 Å². The number of anilines is 1. The van der Waals surface area contributed by atoms with E-state index in [4.69, 9.17) is 17.3 Å². The van der Waals surface area contributed by atoms with Gasteiger partial charge in [-0.05, 0) is 42.7 Å². The molecule has 168 valence electrons. The predicted octanol–water partition coefficient (Wildman–Crippen LogP) is 2.58. The summed E-state index contributed by atoms with van der Waals surface area (Å²) in [5.74, 6) is 0.203. The summed E-state index contributed by atoms with van der Waals surface area (Å²) in [5.41, 5.74) is 6.41. The number of guanidine groups is 1. The Labute approximate surface area is 203 Å². The largest absolute Gasteiger partial charge is 0.369 e. The van der Waals surface area contributed by atoms with Crippen LogP contribution in [0.15, 0.2) is 47.6 Å². The van der Waals surface area contributed by atoms with Gasteiger partial charge in [-0.25, -0.2) is 9.37 Å². The third-order valence-electron chi connectivity index (χ3n) is 5.10. The van der Waals surface area contributed by atoms with Crippen LogP contribution in [-0.4, -0.2) is 49.6 Å². The molecule has 1 fully saturated rings. The maximum absolute atomic E-state index is 13.1. The minimum Gasteiger partial charge on any atom is -0.369 e. The second kappa shape index (κ2) is 12.0.